The molecule has 0 bridgehead atoms. The van der Waals surface area contributed by atoms with Gasteiger partial charge in [-0.05, 0) is 19.1 Å². The molecule has 0 radical (unpaired) electrons. The predicted molar refractivity (Wildman–Crippen MR) is 61.6 cm³/mol. The third kappa shape index (κ3) is 1.88. The minimum Gasteiger partial charge on any atom is -0.494 e. The topological polar surface area (TPSA) is 41.1 Å². The Balaban J connectivity index is 2.43. The van der Waals surface area contributed by atoms with E-state index < -0.39 is 0 Å². The second-order valence-corrected chi connectivity index (χ2v) is 3.57. The Kier molecular flexibility index (Phi) is 2.49. The van der Waals surface area contributed by atoms with Crippen molar-refractivity contribution in [1.82, 2.24) is 9.97 Å². The quantitative estimate of drug-likeness (QED) is 0.833. The van der Waals surface area contributed by atoms with Crippen LogP contribution in [0.4, 0.5) is 5.95 Å². The van der Waals surface area contributed by atoms with Gasteiger partial charge in [0, 0.05) is 20.2 Å². The summed E-state index contributed by atoms with van der Waals surface area (Å²) >= 11 is 0. The summed E-state index contributed by atoms with van der Waals surface area (Å²) in [4.78, 5) is 9.60. The fourth-order valence-electron chi connectivity index (χ4n) is 1.44. The van der Waals surface area contributed by atoms with E-state index in [1.807, 2.05) is 44.1 Å². The number of ether oxygens (including phenoxy) is 1. The molecular formula is C11H15N3O. The van der Waals surface area contributed by atoms with Crippen molar-refractivity contribution in [3.8, 4) is 5.75 Å². The van der Waals surface area contributed by atoms with Crippen molar-refractivity contribution in [3.05, 3.63) is 18.2 Å². The second-order valence-electron chi connectivity index (χ2n) is 3.57. The molecule has 4 heteroatoms. The van der Waals surface area contributed by atoms with Gasteiger partial charge in [0.25, 0.3) is 0 Å². The summed E-state index contributed by atoms with van der Waals surface area (Å²) in [5, 5.41) is 0. The standard InChI is InChI=1S/C11H15N3O/c1-4-15-8-5-6-9-10(7-8)13-11(12-9)14(2)3/h5-7H,4H2,1-3H3,(H,12,13). The Morgan fingerprint density at radius 2 is 2.20 bits per heavy atom. The maximum atomic E-state index is 5.42. The van der Waals surface area contributed by atoms with E-state index >= 15 is 0 Å². The minimum absolute atomic E-state index is 0.681. The number of hydrogen-bond donors (Lipinski definition) is 1. The molecule has 0 aliphatic rings. The van der Waals surface area contributed by atoms with E-state index in [-0.39, 0.29) is 0 Å². The van der Waals surface area contributed by atoms with Crippen molar-refractivity contribution in [2.24, 2.45) is 0 Å². The van der Waals surface area contributed by atoms with Crippen LogP contribution < -0.4 is 9.64 Å². The summed E-state index contributed by atoms with van der Waals surface area (Å²) in [5.74, 6) is 1.73. The highest BCUT2D eigenvalue weighted by atomic mass is 16.5. The summed E-state index contributed by atoms with van der Waals surface area (Å²) in [6, 6.07) is 5.87. The minimum atomic E-state index is 0.681. The number of fused-ring (bicyclic) bond motifs is 1. The van der Waals surface area contributed by atoms with Crippen molar-refractivity contribution in [1.29, 1.82) is 0 Å². The van der Waals surface area contributed by atoms with Gasteiger partial charge in [0.1, 0.15) is 5.75 Å². The van der Waals surface area contributed by atoms with Crippen LogP contribution in [0.1, 0.15) is 6.92 Å². The molecule has 1 aromatic heterocycles. The Morgan fingerprint density at radius 3 is 2.87 bits per heavy atom. The number of hydrogen-bond acceptors (Lipinski definition) is 3. The van der Waals surface area contributed by atoms with Gasteiger partial charge in [0.05, 0.1) is 17.6 Å². The first-order valence-electron chi connectivity index (χ1n) is 5.00. The molecule has 0 spiro atoms. The van der Waals surface area contributed by atoms with Crippen LogP contribution in [0, 0.1) is 0 Å². The highest BCUT2D eigenvalue weighted by Gasteiger charge is 2.04. The van der Waals surface area contributed by atoms with Crippen LogP contribution in [0.25, 0.3) is 11.0 Å². The van der Waals surface area contributed by atoms with Gasteiger partial charge in [0.15, 0.2) is 0 Å². The zero-order valence-electron chi connectivity index (χ0n) is 9.24. The maximum absolute atomic E-state index is 5.42. The zero-order chi connectivity index (χ0) is 10.8. The number of anilines is 1. The Bertz CT molecular complexity index is 462. The van der Waals surface area contributed by atoms with Gasteiger partial charge in [0.2, 0.25) is 5.95 Å². The molecule has 0 aliphatic heterocycles. The number of rotatable bonds is 3. The highest BCUT2D eigenvalue weighted by molar-refractivity contribution is 5.79. The molecule has 2 rings (SSSR count). The first kappa shape index (κ1) is 9.83. The number of aromatic amines is 1. The molecule has 0 saturated heterocycles. The molecule has 2 aromatic rings. The van der Waals surface area contributed by atoms with Crippen LogP contribution in [0.5, 0.6) is 5.75 Å². The number of imidazole rings is 1. The molecule has 1 N–H and O–H groups in total. The number of nitrogens with zero attached hydrogens (tertiary/aromatic N) is 2. The smallest absolute Gasteiger partial charge is 0.203 e. The van der Waals surface area contributed by atoms with Crippen LogP contribution in [0.15, 0.2) is 18.2 Å². The lowest BCUT2D eigenvalue weighted by molar-refractivity contribution is 0.340. The molecule has 4 nitrogen and oxygen atoms in total. The molecule has 0 fully saturated rings. The monoisotopic (exact) mass is 205 g/mol. The van der Waals surface area contributed by atoms with Crippen molar-refractivity contribution in [2.75, 3.05) is 25.6 Å². The average molecular weight is 205 g/mol. The summed E-state index contributed by atoms with van der Waals surface area (Å²) in [7, 11) is 3.92. The normalized spacial score (nSPS) is 10.6. The number of H-pyrrole nitrogens is 1. The third-order valence-electron chi connectivity index (χ3n) is 2.18. The lowest BCUT2D eigenvalue weighted by Crippen LogP contribution is -2.09. The zero-order valence-corrected chi connectivity index (χ0v) is 9.24. The molecule has 80 valence electrons. The molecule has 0 saturated carbocycles. The molecular weight excluding hydrogens is 190 g/mol. The van der Waals surface area contributed by atoms with E-state index in [1.165, 1.54) is 0 Å². The van der Waals surface area contributed by atoms with Gasteiger partial charge in [-0.2, -0.15) is 0 Å². The van der Waals surface area contributed by atoms with E-state index in [2.05, 4.69) is 9.97 Å². The number of benzene rings is 1. The number of aromatic nitrogens is 2. The molecule has 1 aromatic carbocycles. The molecule has 0 aliphatic carbocycles. The molecule has 15 heavy (non-hydrogen) atoms. The summed E-state index contributed by atoms with van der Waals surface area (Å²) in [6.07, 6.45) is 0. The Hall–Kier alpha value is -1.71. The van der Waals surface area contributed by atoms with Gasteiger partial charge in [-0.25, -0.2) is 4.98 Å². The largest absolute Gasteiger partial charge is 0.494 e. The van der Waals surface area contributed by atoms with Gasteiger partial charge < -0.3 is 14.6 Å². The van der Waals surface area contributed by atoms with Gasteiger partial charge >= 0.3 is 0 Å². The summed E-state index contributed by atoms with van der Waals surface area (Å²) in [6.45, 7) is 2.66. The van der Waals surface area contributed by atoms with Crippen LogP contribution in [0.2, 0.25) is 0 Å². The first-order chi connectivity index (χ1) is 7.20. The van der Waals surface area contributed by atoms with Crippen molar-refractivity contribution in [2.45, 2.75) is 6.92 Å². The molecule has 0 amide bonds. The van der Waals surface area contributed by atoms with Crippen LogP contribution in [0.3, 0.4) is 0 Å². The van der Waals surface area contributed by atoms with Gasteiger partial charge in [-0.15, -0.1) is 0 Å². The third-order valence-corrected chi connectivity index (χ3v) is 2.18. The Labute approximate surface area is 88.9 Å². The maximum Gasteiger partial charge on any atom is 0.203 e. The molecule has 1 heterocycles. The van der Waals surface area contributed by atoms with Crippen molar-refractivity contribution in [3.63, 3.8) is 0 Å². The second kappa shape index (κ2) is 3.81. The van der Waals surface area contributed by atoms with Gasteiger partial charge in [-0.1, -0.05) is 0 Å². The average Bonchev–Trinajstić information content (AvgIpc) is 2.61. The summed E-state index contributed by atoms with van der Waals surface area (Å²) < 4.78 is 5.42. The number of nitrogens with one attached hydrogen (secondary N) is 1. The predicted octanol–water partition coefficient (Wildman–Crippen LogP) is 2.03. The lowest BCUT2D eigenvalue weighted by Gasteiger charge is -2.05. The molecule has 0 atom stereocenters. The van der Waals surface area contributed by atoms with Crippen LogP contribution in [-0.4, -0.2) is 30.7 Å². The van der Waals surface area contributed by atoms with E-state index in [0.29, 0.717) is 6.61 Å². The van der Waals surface area contributed by atoms with Crippen LogP contribution in [-0.2, 0) is 0 Å². The van der Waals surface area contributed by atoms with E-state index in [9.17, 15) is 0 Å². The Morgan fingerprint density at radius 1 is 1.40 bits per heavy atom. The fourth-order valence-corrected chi connectivity index (χ4v) is 1.44. The van der Waals surface area contributed by atoms with Crippen molar-refractivity contribution < 1.29 is 4.74 Å². The summed E-state index contributed by atoms with van der Waals surface area (Å²) in [5.41, 5.74) is 1.96. The lowest BCUT2D eigenvalue weighted by atomic mass is 10.3. The van der Waals surface area contributed by atoms with E-state index in [4.69, 9.17) is 4.74 Å². The van der Waals surface area contributed by atoms with E-state index in [0.717, 1.165) is 22.7 Å². The highest BCUT2D eigenvalue weighted by Crippen LogP contribution is 2.21. The van der Waals surface area contributed by atoms with Crippen molar-refractivity contribution >= 4 is 17.0 Å². The fraction of sp³-hybridized carbons (Fsp3) is 0.364. The SMILES string of the molecule is CCOc1ccc2nc(N(C)C)[nH]c2c1. The first-order valence-corrected chi connectivity index (χ1v) is 5.00. The van der Waals surface area contributed by atoms with Gasteiger partial charge in [-0.3, -0.25) is 0 Å². The van der Waals surface area contributed by atoms with E-state index in [1.54, 1.807) is 0 Å². The van der Waals surface area contributed by atoms with Crippen LogP contribution >= 0.6 is 0 Å². The molecule has 0 unspecified atom stereocenters.